The Balaban J connectivity index is 1.61. The van der Waals surface area contributed by atoms with Gasteiger partial charge in [0.05, 0.1) is 11.3 Å². The molecule has 3 aromatic rings. The highest BCUT2D eigenvalue weighted by atomic mass is 32.2. The van der Waals surface area contributed by atoms with Crippen LogP contribution in [0.4, 0.5) is 5.95 Å². The van der Waals surface area contributed by atoms with Crippen LogP contribution in [0.2, 0.25) is 0 Å². The molecule has 0 aliphatic rings. The number of aromatic nitrogens is 3. The van der Waals surface area contributed by atoms with Crippen LogP contribution in [0.5, 0.6) is 0 Å². The van der Waals surface area contributed by atoms with E-state index < -0.39 is 16.0 Å². The molecular weight excluding hydrogens is 434 g/mol. The molecule has 0 saturated heterocycles. The molecule has 0 aliphatic carbocycles. The fourth-order valence-electron chi connectivity index (χ4n) is 3.19. The lowest BCUT2D eigenvalue weighted by molar-refractivity contribution is -0.142. The number of anilines is 1. The summed E-state index contributed by atoms with van der Waals surface area (Å²) in [5, 5.41) is 8.03. The molecule has 11 heteroatoms. The third kappa shape index (κ3) is 5.56. The maximum absolute atomic E-state index is 12.6. The van der Waals surface area contributed by atoms with Gasteiger partial charge in [0.2, 0.25) is 21.8 Å². The number of hydrogen-bond donors (Lipinski definition) is 2. The summed E-state index contributed by atoms with van der Waals surface area (Å²) in [6.07, 6.45) is 3.22. The van der Waals surface area contributed by atoms with Crippen molar-refractivity contribution in [1.29, 1.82) is 0 Å². The smallest absolute Gasteiger partial charge is 0.308 e. The third-order valence-electron chi connectivity index (χ3n) is 4.70. The van der Waals surface area contributed by atoms with Crippen molar-refractivity contribution in [2.75, 3.05) is 18.5 Å². The highest BCUT2D eigenvalue weighted by Gasteiger charge is 2.18. The number of Topliss-reactive ketones (excluding diaryl/α,β-unsaturated/α-hetero) is 1. The van der Waals surface area contributed by atoms with Crippen LogP contribution in [0.3, 0.4) is 0 Å². The number of primary sulfonamides is 1. The van der Waals surface area contributed by atoms with Crippen LogP contribution in [0.25, 0.3) is 5.69 Å². The van der Waals surface area contributed by atoms with E-state index in [2.05, 4.69) is 15.3 Å². The van der Waals surface area contributed by atoms with E-state index in [1.807, 2.05) is 11.5 Å². The Labute approximate surface area is 185 Å². The van der Waals surface area contributed by atoms with E-state index in [0.29, 0.717) is 22.9 Å². The van der Waals surface area contributed by atoms with E-state index in [4.69, 9.17) is 9.88 Å². The molecule has 0 fully saturated rings. The third-order valence-corrected chi connectivity index (χ3v) is 5.63. The van der Waals surface area contributed by atoms with Gasteiger partial charge in [0.15, 0.2) is 6.61 Å². The highest BCUT2D eigenvalue weighted by molar-refractivity contribution is 7.89. The fraction of sp³-hybridized carbons (Fsp3) is 0.238. The average Bonchev–Trinajstić information content (AvgIpc) is 3.06. The van der Waals surface area contributed by atoms with Crippen molar-refractivity contribution in [1.82, 2.24) is 14.5 Å². The number of ether oxygens (including phenoxy) is 1. The first-order valence-corrected chi connectivity index (χ1v) is 11.2. The topological polar surface area (TPSA) is 146 Å². The SMILES string of the molecule is Cc1cc(C(=O)COC(=O)CCNc2ncccn2)c(C)n1-c1ccc(S(N)(=O)=O)cc1. The summed E-state index contributed by atoms with van der Waals surface area (Å²) in [6.45, 7) is 3.48. The number of esters is 1. The van der Waals surface area contributed by atoms with Gasteiger partial charge in [-0.15, -0.1) is 0 Å². The van der Waals surface area contributed by atoms with Crippen LogP contribution in [-0.2, 0) is 19.6 Å². The first-order valence-electron chi connectivity index (χ1n) is 9.68. The van der Waals surface area contributed by atoms with Crippen molar-refractivity contribution in [3.8, 4) is 5.69 Å². The summed E-state index contributed by atoms with van der Waals surface area (Å²) in [4.78, 5) is 32.5. The zero-order valence-electron chi connectivity index (χ0n) is 17.6. The van der Waals surface area contributed by atoms with Gasteiger partial charge in [0.25, 0.3) is 0 Å². The largest absolute Gasteiger partial charge is 0.457 e. The van der Waals surface area contributed by atoms with E-state index in [-0.39, 0.29) is 30.3 Å². The number of rotatable bonds is 9. The van der Waals surface area contributed by atoms with E-state index in [1.54, 1.807) is 43.6 Å². The number of ketones is 1. The fourth-order valence-corrected chi connectivity index (χ4v) is 3.71. The van der Waals surface area contributed by atoms with Crippen LogP contribution in [0.1, 0.15) is 28.2 Å². The molecule has 0 radical (unpaired) electrons. The van der Waals surface area contributed by atoms with Crippen molar-refractivity contribution in [3.05, 3.63) is 65.7 Å². The van der Waals surface area contributed by atoms with Gasteiger partial charge in [-0.2, -0.15) is 0 Å². The standard InChI is InChI=1S/C21H23N5O5S/c1-14-12-18(15(2)26(14)16-4-6-17(7-5-16)32(22,29)30)19(27)13-31-20(28)8-11-25-21-23-9-3-10-24-21/h3-7,9-10,12H,8,11,13H2,1-2H3,(H2,22,29,30)(H,23,24,25). The lowest BCUT2D eigenvalue weighted by Gasteiger charge is -2.11. The predicted octanol–water partition coefficient (Wildman–Crippen LogP) is 1.76. The van der Waals surface area contributed by atoms with Crippen LogP contribution in [0.15, 0.2) is 53.7 Å². The number of sulfonamides is 1. The minimum atomic E-state index is -3.79. The van der Waals surface area contributed by atoms with Gasteiger partial charge < -0.3 is 14.6 Å². The van der Waals surface area contributed by atoms with Crippen LogP contribution < -0.4 is 10.5 Å². The molecule has 0 spiro atoms. The van der Waals surface area contributed by atoms with Crippen LogP contribution in [-0.4, -0.2) is 47.9 Å². The van der Waals surface area contributed by atoms with Gasteiger partial charge in [-0.3, -0.25) is 9.59 Å². The van der Waals surface area contributed by atoms with Crippen LogP contribution in [0, 0.1) is 13.8 Å². The van der Waals surface area contributed by atoms with Crippen LogP contribution >= 0.6 is 0 Å². The second kappa shape index (κ2) is 9.71. The van der Waals surface area contributed by atoms with Gasteiger partial charge in [-0.05, 0) is 50.2 Å². The Morgan fingerprint density at radius 3 is 2.41 bits per heavy atom. The molecule has 168 valence electrons. The van der Waals surface area contributed by atoms with E-state index in [9.17, 15) is 18.0 Å². The number of nitrogens with zero attached hydrogens (tertiary/aromatic N) is 3. The number of carbonyl (C=O) groups excluding carboxylic acids is 2. The van der Waals surface area contributed by atoms with Gasteiger partial charge in [0.1, 0.15) is 0 Å². The summed E-state index contributed by atoms with van der Waals surface area (Å²) in [5.41, 5.74) is 2.52. The van der Waals surface area contributed by atoms with E-state index >= 15 is 0 Å². The zero-order chi connectivity index (χ0) is 23.3. The lowest BCUT2D eigenvalue weighted by Crippen LogP contribution is -2.17. The summed E-state index contributed by atoms with van der Waals surface area (Å²) >= 11 is 0. The maximum atomic E-state index is 12.6. The highest BCUT2D eigenvalue weighted by Crippen LogP contribution is 2.22. The predicted molar refractivity (Wildman–Crippen MR) is 117 cm³/mol. The van der Waals surface area contributed by atoms with E-state index in [0.717, 1.165) is 5.69 Å². The van der Waals surface area contributed by atoms with Gasteiger partial charge in [0, 0.05) is 41.6 Å². The molecule has 3 rings (SSSR count). The minimum absolute atomic E-state index is 0.000223. The number of nitrogens with two attached hydrogens (primary N) is 1. The Kier molecular flexibility index (Phi) is 7.01. The molecule has 32 heavy (non-hydrogen) atoms. The van der Waals surface area contributed by atoms with Crippen molar-refractivity contribution in [3.63, 3.8) is 0 Å². The molecule has 0 bridgehead atoms. The molecular formula is C21H23N5O5S. The van der Waals surface area contributed by atoms with Crippen molar-refractivity contribution < 1.29 is 22.7 Å². The zero-order valence-corrected chi connectivity index (χ0v) is 18.4. The molecule has 2 aromatic heterocycles. The Bertz CT molecular complexity index is 1220. The number of carbonyl (C=O) groups is 2. The number of hydrogen-bond acceptors (Lipinski definition) is 8. The second-order valence-electron chi connectivity index (χ2n) is 6.99. The molecule has 0 atom stereocenters. The molecule has 0 aliphatic heterocycles. The Morgan fingerprint density at radius 2 is 1.78 bits per heavy atom. The number of aryl methyl sites for hydroxylation is 1. The molecule has 2 heterocycles. The summed E-state index contributed by atoms with van der Waals surface area (Å²) in [6, 6.07) is 9.41. The Morgan fingerprint density at radius 1 is 1.12 bits per heavy atom. The molecule has 0 saturated carbocycles. The first-order chi connectivity index (χ1) is 15.2. The van der Waals surface area contributed by atoms with Gasteiger partial charge >= 0.3 is 5.97 Å². The summed E-state index contributed by atoms with van der Waals surface area (Å²) < 4.78 is 29.8. The monoisotopic (exact) mass is 457 g/mol. The minimum Gasteiger partial charge on any atom is -0.457 e. The second-order valence-corrected chi connectivity index (χ2v) is 8.55. The lowest BCUT2D eigenvalue weighted by atomic mass is 10.1. The Hall–Kier alpha value is -3.57. The molecule has 0 unspecified atom stereocenters. The van der Waals surface area contributed by atoms with Crippen molar-refractivity contribution in [2.45, 2.75) is 25.2 Å². The van der Waals surface area contributed by atoms with Gasteiger partial charge in [-0.1, -0.05) is 0 Å². The molecule has 0 amide bonds. The van der Waals surface area contributed by atoms with E-state index in [1.165, 1.54) is 12.1 Å². The normalized spacial score (nSPS) is 11.2. The van der Waals surface area contributed by atoms with Crippen molar-refractivity contribution in [2.24, 2.45) is 5.14 Å². The summed E-state index contributed by atoms with van der Waals surface area (Å²) in [5.74, 6) is -0.451. The molecule has 1 aromatic carbocycles. The van der Waals surface area contributed by atoms with Crippen molar-refractivity contribution >= 4 is 27.7 Å². The summed E-state index contributed by atoms with van der Waals surface area (Å²) in [7, 11) is -3.79. The van der Waals surface area contributed by atoms with Gasteiger partial charge in [-0.25, -0.2) is 23.5 Å². The maximum Gasteiger partial charge on any atom is 0.308 e. The first kappa shape index (κ1) is 23.1. The molecule has 3 N–H and O–H groups in total. The number of nitrogens with one attached hydrogen (secondary N) is 1. The number of benzene rings is 1. The average molecular weight is 458 g/mol. The molecule has 10 nitrogen and oxygen atoms in total. The quantitative estimate of drug-likeness (QED) is 0.365.